The number of imidazole rings is 1. The molecule has 2 aliphatic heterocycles. The average Bonchev–Trinajstić information content (AvgIpc) is 2.86. The van der Waals surface area contributed by atoms with Gasteiger partial charge in [-0.15, -0.1) is 0 Å². The first-order chi connectivity index (χ1) is 7.81. The SMILES string of the molecule is CC1CCn2cc(CC3CCCO3)nc2C1. The highest BCUT2D eigenvalue weighted by molar-refractivity contribution is 5.08. The molecular formula is C13H20N2O. The van der Waals surface area contributed by atoms with Crippen LogP contribution in [0.15, 0.2) is 6.20 Å². The van der Waals surface area contributed by atoms with Gasteiger partial charge in [0.2, 0.25) is 0 Å². The first-order valence-electron chi connectivity index (χ1n) is 6.48. The fourth-order valence-corrected chi connectivity index (χ4v) is 2.78. The fraction of sp³-hybridized carbons (Fsp3) is 0.769. The molecule has 0 aromatic carbocycles. The van der Waals surface area contributed by atoms with E-state index >= 15 is 0 Å². The molecule has 16 heavy (non-hydrogen) atoms. The molecule has 3 rings (SSSR count). The van der Waals surface area contributed by atoms with Gasteiger partial charge in [-0.2, -0.15) is 0 Å². The van der Waals surface area contributed by atoms with Crippen molar-refractivity contribution in [2.75, 3.05) is 6.61 Å². The van der Waals surface area contributed by atoms with Crippen molar-refractivity contribution in [1.82, 2.24) is 9.55 Å². The summed E-state index contributed by atoms with van der Waals surface area (Å²) in [5.74, 6) is 2.08. The summed E-state index contributed by atoms with van der Waals surface area (Å²) in [6.45, 7) is 4.40. The lowest BCUT2D eigenvalue weighted by atomic mass is 10.0. The van der Waals surface area contributed by atoms with Crippen molar-refractivity contribution in [3.63, 3.8) is 0 Å². The summed E-state index contributed by atoms with van der Waals surface area (Å²) in [5.41, 5.74) is 1.23. The Bertz CT molecular complexity index is 366. The third-order valence-corrected chi connectivity index (χ3v) is 3.76. The van der Waals surface area contributed by atoms with Gasteiger partial charge in [0, 0.05) is 32.2 Å². The Balaban J connectivity index is 1.71. The van der Waals surface area contributed by atoms with Gasteiger partial charge in [-0.3, -0.25) is 0 Å². The standard InChI is InChI=1S/C13H20N2O/c1-10-4-5-15-9-11(14-13(15)7-10)8-12-3-2-6-16-12/h9-10,12H,2-8H2,1H3. The van der Waals surface area contributed by atoms with E-state index in [1.165, 1.54) is 30.8 Å². The van der Waals surface area contributed by atoms with Crippen LogP contribution in [0, 0.1) is 5.92 Å². The topological polar surface area (TPSA) is 27.1 Å². The molecule has 0 bridgehead atoms. The number of nitrogens with zero attached hydrogens (tertiary/aromatic N) is 2. The normalized spacial score (nSPS) is 29.3. The number of hydrogen-bond donors (Lipinski definition) is 0. The summed E-state index contributed by atoms with van der Waals surface area (Å²) in [6.07, 6.45) is 8.54. The van der Waals surface area contributed by atoms with Crippen molar-refractivity contribution in [2.45, 2.75) is 51.7 Å². The van der Waals surface area contributed by atoms with Crippen molar-refractivity contribution in [2.24, 2.45) is 5.92 Å². The smallest absolute Gasteiger partial charge is 0.109 e. The van der Waals surface area contributed by atoms with Crippen LogP contribution in [0.2, 0.25) is 0 Å². The zero-order valence-electron chi connectivity index (χ0n) is 9.98. The van der Waals surface area contributed by atoms with Gasteiger partial charge < -0.3 is 9.30 Å². The molecule has 1 saturated heterocycles. The molecule has 3 nitrogen and oxygen atoms in total. The van der Waals surface area contributed by atoms with Crippen LogP contribution in [0.1, 0.15) is 37.7 Å². The van der Waals surface area contributed by atoms with Gasteiger partial charge in [0.1, 0.15) is 5.82 Å². The van der Waals surface area contributed by atoms with Gasteiger partial charge >= 0.3 is 0 Å². The van der Waals surface area contributed by atoms with Crippen molar-refractivity contribution in [1.29, 1.82) is 0 Å². The maximum absolute atomic E-state index is 5.66. The van der Waals surface area contributed by atoms with E-state index in [2.05, 4.69) is 17.7 Å². The van der Waals surface area contributed by atoms with Crippen molar-refractivity contribution >= 4 is 0 Å². The number of aromatic nitrogens is 2. The number of ether oxygens (including phenoxy) is 1. The molecule has 3 heterocycles. The molecular weight excluding hydrogens is 200 g/mol. The van der Waals surface area contributed by atoms with E-state index in [1.807, 2.05) is 0 Å². The Hall–Kier alpha value is -0.830. The second kappa shape index (κ2) is 4.21. The van der Waals surface area contributed by atoms with E-state index in [1.54, 1.807) is 0 Å². The highest BCUT2D eigenvalue weighted by Crippen LogP contribution is 2.22. The van der Waals surface area contributed by atoms with Gasteiger partial charge in [-0.05, 0) is 25.2 Å². The largest absolute Gasteiger partial charge is 0.378 e. The summed E-state index contributed by atoms with van der Waals surface area (Å²) in [6, 6.07) is 0. The summed E-state index contributed by atoms with van der Waals surface area (Å²) in [5, 5.41) is 0. The van der Waals surface area contributed by atoms with E-state index in [-0.39, 0.29) is 0 Å². The Kier molecular flexibility index (Phi) is 2.72. The van der Waals surface area contributed by atoms with E-state index in [4.69, 9.17) is 9.72 Å². The molecule has 1 fully saturated rings. The van der Waals surface area contributed by atoms with Gasteiger partial charge in [0.05, 0.1) is 11.8 Å². The van der Waals surface area contributed by atoms with E-state index in [0.717, 1.165) is 31.9 Å². The predicted molar refractivity (Wildman–Crippen MR) is 62.4 cm³/mol. The van der Waals surface area contributed by atoms with Gasteiger partial charge in [0.25, 0.3) is 0 Å². The average molecular weight is 220 g/mol. The lowest BCUT2D eigenvalue weighted by Gasteiger charge is -2.18. The van der Waals surface area contributed by atoms with Gasteiger partial charge in [0.15, 0.2) is 0 Å². The second-order valence-corrected chi connectivity index (χ2v) is 5.28. The molecule has 1 aromatic rings. The summed E-state index contributed by atoms with van der Waals surface area (Å²) in [4.78, 5) is 4.75. The molecule has 3 heteroatoms. The molecule has 0 saturated carbocycles. The Labute approximate surface area is 96.8 Å². The van der Waals surface area contributed by atoms with Crippen LogP contribution in [0.4, 0.5) is 0 Å². The van der Waals surface area contributed by atoms with Crippen LogP contribution >= 0.6 is 0 Å². The molecule has 88 valence electrons. The maximum Gasteiger partial charge on any atom is 0.109 e. The quantitative estimate of drug-likeness (QED) is 0.764. The summed E-state index contributed by atoms with van der Waals surface area (Å²) < 4.78 is 8.00. The van der Waals surface area contributed by atoms with E-state index in [9.17, 15) is 0 Å². The minimum atomic E-state index is 0.425. The number of aryl methyl sites for hydroxylation is 1. The molecule has 0 spiro atoms. The van der Waals surface area contributed by atoms with E-state index < -0.39 is 0 Å². The molecule has 0 N–H and O–H groups in total. The van der Waals surface area contributed by atoms with Crippen LogP contribution in [0.25, 0.3) is 0 Å². The minimum absolute atomic E-state index is 0.425. The maximum atomic E-state index is 5.66. The zero-order valence-corrected chi connectivity index (χ0v) is 9.98. The molecule has 2 aliphatic rings. The zero-order chi connectivity index (χ0) is 11.0. The first kappa shape index (κ1) is 10.3. The fourth-order valence-electron chi connectivity index (χ4n) is 2.78. The number of hydrogen-bond acceptors (Lipinski definition) is 2. The minimum Gasteiger partial charge on any atom is -0.378 e. The molecule has 0 amide bonds. The van der Waals surface area contributed by atoms with E-state index in [0.29, 0.717) is 6.10 Å². The number of fused-ring (bicyclic) bond motifs is 1. The third-order valence-electron chi connectivity index (χ3n) is 3.76. The number of rotatable bonds is 2. The van der Waals surface area contributed by atoms with Crippen LogP contribution in [0.3, 0.4) is 0 Å². The lowest BCUT2D eigenvalue weighted by Crippen LogP contribution is -2.16. The first-order valence-corrected chi connectivity index (χ1v) is 6.48. The molecule has 0 aliphatic carbocycles. The Morgan fingerprint density at radius 1 is 1.50 bits per heavy atom. The van der Waals surface area contributed by atoms with Crippen molar-refractivity contribution in [3.05, 3.63) is 17.7 Å². The summed E-state index contributed by atoms with van der Waals surface area (Å²) >= 11 is 0. The highest BCUT2D eigenvalue weighted by Gasteiger charge is 2.21. The highest BCUT2D eigenvalue weighted by atomic mass is 16.5. The molecule has 0 radical (unpaired) electrons. The third kappa shape index (κ3) is 2.01. The molecule has 2 atom stereocenters. The predicted octanol–water partition coefficient (Wildman–Crippen LogP) is 2.19. The molecule has 2 unspecified atom stereocenters. The summed E-state index contributed by atoms with van der Waals surface area (Å²) in [7, 11) is 0. The van der Waals surface area contributed by atoms with Crippen molar-refractivity contribution in [3.8, 4) is 0 Å². The Morgan fingerprint density at radius 2 is 2.44 bits per heavy atom. The monoisotopic (exact) mass is 220 g/mol. The van der Waals surface area contributed by atoms with Crippen LogP contribution in [-0.2, 0) is 24.1 Å². The van der Waals surface area contributed by atoms with Crippen molar-refractivity contribution < 1.29 is 4.74 Å². The lowest BCUT2D eigenvalue weighted by molar-refractivity contribution is 0.111. The van der Waals surface area contributed by atoms with Crippen LogP contribution in [-0.4, -0.2) is 22.3 Å². The van der Waals surface area contributed by atoms with Crippen LogP contribution in [0.5, 0.6) is 0 Å². The van der Waals surface area contributed by atoms with Crippen LogP contribution < -0.4 is 0 Å². The molecule has 1 aromatic heterocycles. The van der Waals surface area contributed by atoms with Gasteiger partial charge in [-0.1, -0.05) is 6.92 Å². The Morgan fingerprint density at radius 3 is 3.25 bits per heavy atom. The van der Waals surface area contributed by atoms with Gasteiger partial charge in [-0.25, -0.2) is 4.98 Å². The second-order valence-electron chi connectivity index (χ2n) is 5.28.